The van der Waals surface area contributed by atoms with Crippen molar-refractivity contribution in [3.8, 4) is 0 Å². The van der Waals surface area contributed by atoms with Gasteiger partial charge < -0.3 is 4.90 Å². The Hall–Kier alpha value is -1.08. The Kier molecular flexibility index (Phi) is 3.73. The lowest BCUT2D eigenvalue weighted by Gasteiger charge is -2.27. The molecule has 0 amide bonds. The molecule has 0 aromatic carbocycles. The molecule has 1 aromatic rings. The molecule has 2 unspecified atom stereocenters. The Morgan fingerprint density at radius 2 is 1.90 bits per heavy atom. The van der Waals surface area contributed by atoms with E-state index >= 15 is 0 Å². The quantitative estimate of drug-likeness (QED) is 0.745. The van der Waals surface area contributed by atoms with Crippen LogP contribution in [0.2, 0.25) is 5.15 Å². The molecule has 116 valence electrons. The normalized spacial score (nSPS) is 27.0. The summed E-state index contributed by atoms with van der Waals surface area (Å²) in [5.74, 6) is -0.906. The van der Waals surface area contributed by atoms with E-state index < -0.39 is 12.0 Å². The highest BCUT2D eigenvalue weighted by Gasteiger charge is 2.38. The second-order valence-electron chi connectivity index (χ2n) is 5.66. The molecule has 0 radical (unpaired) electrons. The van der Waals surface area contributed by atoms with Crippen LogP contribution in [0.5, 0.6) is 0 Å². The molecular weight excluding hydrogens is 305 g/mol. The van der Waals surface area contributed by atoms with Gasteiger partial charge in [0.15, 0.2) is 0 Å². The third-order valence-electron chi connectivity index (χ3n) is 4.41. The fourth-order valence-corrected chi connectivity index (χ4v) is 3.39. The standard InChI is InChI=1S/C13H16ClF3N4/c1-20-8-2-3-9(20)7-21(5-4-8)11-6-10(14)18-12(19-11)13(15,16)17/h6,8-9H,2-5,7H2,1H3. The molecule has 0 aliphatic carbocycles. The number of hydrogen-bond acceptors (Lipinski definition) is 4. The molecule has 0 spiro atoms. The van der Waals surface area contributed by atoms with Gasteiger partial charge >= 0.3 is 6.18 Å². The summed E-state index contributed by atoms with van der Waals surface area (Å²) in [7, 11) is 2.08. The van der Waals surface area contributed by atoms with Gasteiger partial charge in [-0.2, -0.15) is 13.2 Å². The van der Waals surface area contributed by atoms with Crippen LogP contribution in [0, 0.1) is 0 Å². The maximum atomic E-state index is 12.8. The van der Waals surface area contributed by atoms with Crippen LogP contribution in [-0.2, 0) is 6.18 Å². The number of rotatable bonds is 1. The summed E-state index contributed by atoms with van der Waals surface area (Å²) in [4.78, 5) is 11.2. The summed E-state index contributed by atoms with van der Waals surface area (Å²) >= 11 is 5.74. The number of aromatic nitrogens is 2. The van der Waals surface area contributed by atoms with E-state index in [0.29, 0.717) is 25.2 Å². The van der Waals surface area contributed by atoms with Crippen molar-refractivity contribution in [2.24, 2.45) is 0 Å². The molecule has 2 aliphatic heterocycles. The maximum Gasteiger partial charge on any atom is 0.451 e. The minimum absolute atomic E-state index is 0.171. The van der Waals surface area contributed by atoms with E-state index in [-0.39, 0.29) is 11.0 Å². The lowest BCUT2D eigenvalue weighted by molar-refractivity contribution is -0.144. The van der Waals surface area contributed by atoms with Crippen molar-refractivity contribution in [3.05, 3.63) is 17.0 Å². The molecule has 2 bridgehead atoms. The first-order valence-electron chi connectivity index (χ1n) is 6.93. The van der Waals surface area contributed by atoms with Gasteiger partial charge in [0.2, 0.25) is 5.82 Å². The number of anilines is 1. The van der Waals surface area contributed by atoms with Gasteiger partial charge in [-0.25, -0.2) is 9.97 Å². The summed E-state index contributed by atoms with van der Waals surface area (Å²) in [5, 5.41) is -0.171. The highest BCUT2D eigenvalue weighted by Crippen LogP contribution is 2.32. The summed E-state index contributed by atoms with van der Waals surface area (Å²) in [6, 6.07) is 2.29. The first-order valence-corrected chi connectivity index (χ1v) is 7.31. The smallest absolute Gasteiger partial charge is 0.355 e. The van der Waals surface area contributed by atoms with Gasteiger partial charge in [-0.1, -0.05) is 11.6 Å². The van der Waals surface area contributed by atoms with Crippen molar-refractivity contribution in [2.75, 3.05) is 25.0 Å². The lowest BCUT2D eigenvalue weighted by atomic mass is 10.1. The average molecular weight is 321 g/mol. The van der Waals surface area contributed by atoms with E-state index in [1.54, 1.807) is 0 Å². The maximum absolute atomic E-state index is 12.8. The molecule has 2 fully saturated rings. The van der Waals surface area contributed by atoms with Crippen molar-refractivity contribution in [3.63, 3.8) is 0 Å². The first-order chi connectivity index (χ1) is 9.84. The van der Waals surface area contributed by atoms with Gasteiger partial charge in [-0.3, -0.25) is 4.90 Å². The summed E-state index contributed by atoms with van der Waals surface area (Å²) in [6.45, 7) is 1.37. The fraction of sp³-hybridized carbons (Fsp3) is 0.692. The van der Waals surface area contributed by atoms with Crippen molar-refractivity contribution in [2.45, 2.75) is 37.5 Å². The zero-order chi connectivity index (χ0) is 15.2. The number of likely N-dealkylation sites (N-methyl/N-ethyl adjacent to an activating group) is 1. The largest absolute Gasteiger partial charge is 0.451 e. The molecule has 21 heavy (non-hydrogen) atoms. The minimum Gasteiger partial charge on any atom is -0.355 e. The van der Waals surface area contributed by atoms with Crippen LogP contribution in [0.1, 0.15) is 25.1 Å². The van der Waals surface area contributed by atoms with Crippen molar-refractivity contribution in [1.82, 2.24) is 14.9 Å². The third-order valence-corrected chi connectivity index (χ3v) is 4.60. The van der Waals surface area contributed by atoms with Crippen LogP contribution >= 0.6 is 11.6 Å². The molecule has 4 nitrogen and oxygen atoms in total. The summed E-state index contributed by atoms with van der Waals surface area (Å²) in [6.07, 6.45) is -1.42. The van der Waals surface area contributed by atoms with Crippen molar-refractivity contribution >= 4 is 17.4 Å². The Morgan fingerprint density at radius 1 is 1.19 bits per heavy atom. The van der Waals surface area contributed by atoms with E-state index in [2.05, 4.69) is 21.9 Å². The molecule has 0 N–H and O–H groups in total. The predicted octanol–water partition coefficient (Wildman–Crippen LogP) is 2.82. The molecule has 1 aromatic heterocycles. The molecule has 2 saturated heterocycles. The molecule has 2 aliphatic rings. The van der Waals surface area contributed by atoms with Crippen LogP contribution in [0.4, 0.5) is 19.0 Å². The van der Waals surface area contributed by atoms with Crippen molar-refractivity contribution < 1.29 is 13.2 Å². The van der Waals surface area contributed by atoms with Crippen LogP contribution < -0.4 is 4.90 Å². The average Bonchev–Trinajstić information content (AvgIpc) is 2.61. The van der Waals surface area contributed by atoms with E-state index in [9.17, 15) is 13.2 Å². The van der Waals surface area contributed by atoms with E-state index in [4.69, 9.17) is 11.6 Å². The Balaban J connectivity index is 1.88. The fourth-order valence-electron chi connectivity index (χ4n) is 3.21. The number of hydrogen-bond donors (Lipinski definition) is 0. The zero-order valence-corrected chi connectivity index (χ0v) is 12.3. The van der Waals surface area contributed by atoms with Gasteiger partial charge in [0.1, 0.15) is 11.0 Å². The topological polar surface area (TPSA) is 32.3 Å². The monoisotopic (exact) mass is 320 g/mol. The number of fused-ring (bicyclic) bond motifs is 2. The number of halogens is 4. The van der Waals surface area contributed by atoms with E-state index in [1.807, 2.05) is 4.90 Å². The minimum atomic E-state index is -4.58. The zero-order valence-electron chi connectivity index (χ0n) is 11.6. The Bertz CT molecular complexity index is 537. The second-order valence-corrected chi connectivity index (χ2v) is 6.04. The van der Waals surface area contributed by atoms with Crippen LogP contribution in [-0.4, -0.2) is 47.1 Å². The Morgan fingerprint density at radius 3 is 2.62 bits per heavy atom. The van der Waals surface area contributed by atoms with Crippen LogP contribution in [0.15, 0.2) is 6.07 Å². The van der Waals surface area contributed by atoms with Crippen LogP contribution in [0.3, 0.4) is 0 Å². The van der Waals surface area contributed by atoms with Gasteiger partial charge in [0, 0.05) is 31.2 Å². The Labute approximate surface area is 125 Å². The summed E-state index contributed by atoms with van der Waals surface area (Å²) in [5.41, 5.74) is 0. The molecule has 8 heteroatoms. The van der Waals surface area contributed by atoms with Gasteiger partial charge in [0.05, 0.1) is 0 Å². The predicted molar refractivity (Wildman–Crippen MR) is 73.4 cm³/mol. The van der Waals surface area contributed by atoms with Gasteiger partial charge in [0.25, 0.3) is 0 Å². The second kappa shape index (κ2) is 5.28. The number of nitrogens with zero attached hydrogens (tertiary/aromatic N) is 4. The van der Waals surface area contributed by atoms with Gasteiger partial charge in [-0.15, -0.1) is 0 Å². The SMILES string of the molecule is CN1C2CCC1CN(c1cc(Cl)nc(C(F)(F)F)n1)CC2. The molecule has 0 saturated carbocycles. The highest BCUT2D eigenvalue weighted by atomic mass is 35.5. The molecule has 3 heterocycles. The van der Waals surface area contributed by atoms with Crippen LogP contribution in [0.25, 0.3) is 0 Å². The first kappa shape index (κ1) is 14.8. The van der Waals surface area contributed by atoms with Crippen molar-refractivity contribution in [1.29, 1.82) is 0 Å². The van der Waals surface area contributed by atoms with E-state index in [0.717, 1.165) is 19.3 Å². The van der Waals surface area contributed by atoms with Gasteiger partial charge in [-0.05, 0) is 26.3 Å². The number of alkyl halides is 3. The lowest BCUT2D eigenvalue weighted by Crippen LogP contribution is -2.37. The highest BCUT2D eigenvalue weighted by molar-refractivity contribution is 6.29. The summed E-state index contributed by atoms with van der Waals surface area (Å²) < 4.78 is 38.4. The molecule has 3 rings (SSSR count). The molecular formula is C13H16ClF3N4. The van der Waals surface area contributed by atoms with E-state index in [1.165, 1.54) is 6.07 Å². The molecule has 2 atom stereocenters. The third kappa shape index (κ3) is 2.94.